The first kappa shape index (κ1) is 20.4. The summed E-state index contributed by atoms with van der Waals surface area (Å²) < 4.78 is 18.2. The van der Waals surface area contributed by atoms with Gasteiger partial charge in [-0.25, -0.2) is 14.8 Å². The molecule has 8 heteroatoms. The number of anilines is 1. The molecule has 0 radical (unpaired) electrons. The van der Waals surface area contributed by atoms with E-state index in [-0.39, 0.29) is 0 Å². The number of nitrogens with one attached hydrogen (secondary N) is 2. The van der Waals surface area contributed by atoms with Crippen molar-refractivity contribution in [3.63, 3.8) is 0 Å². The van der Waals surface area contributed by atoms with Crippen LogP contribution in [-0.2, 0) is 19.0 Å². The van der Waals surface area contributed by atoms with Crippen LogP contribution in [0, 0.1) is 0 Å². The van der Waals surface area contributed by atoms with Crippen LogP contribution in [-0.4, -0.2) is 63.5 Å². The number of esters is 1. The van der Waals surface area contributed by atoms with Gasteiger partial charge < -0.3 is 14.2 Å². The molecule has 0 aromatic heterocycles. The van der Waals surface area contributed by atoms with Crippen LogP contribution in [0.25, 0.3) is 0 Å². The minimum absolute atomic E-state index is 0.296. The Morgan fingerprint density at radius 2 is 1.71 bits per heavy atom. The first-order valence-electron chi connectivity index (χ1n) is 7.66. The Morgan fingerprint density at radius 3 is 2.21 bits per heavy atom. The summed E-state index contributed by atoms with van der Waals surface area (Å²) >= 11 is 3.39. The summed E-state index contributed by atoms with van der Waals surface area (Å²) in [4.78, 5) is 12.3. The Morgan fingerprint density at radius 1 is 1.12 bits per heavy atom. The molecule has 134 valence electrons. The predicted octanol–water partition coefficient (Wildman–Crippen LogP) is 1.63. The minimum Gasteiger partial charge on any atom is -0.457 e. The summed E-state index contributed by atoms with van der Waals surface area (Å²) in [6.45, 7) is 4.09. The molecule has 0 aliphatic heterocycles. The molecule has 0 saturated carbocycles. The smallest absolute Gasteiger partial charge is 0.423 e. The Bertz CT molecular complexity index is 525. The number of hydrogen-bond donors (Lipinski definition) is 2. The third kappa shape index (κ3) is 7.29. The third-order valence-electron chi connectivity index (χ3n) is 3.09. The summed E-state index contributed by atoms with van der Waals surface area (Å²) in [6.07, 6.45) is 0. The third-order valence-corrected chi connectivity index (χ3v) is 3.61. The molecule has 0 fully saturated rings. The number of amidine groups is 1. The van der Waals surface area contributed by atoms with E-state index in [9.17, 15) is 4.79 Å². The van der Waals surface area contributed by atoms with E-state index in [1.165, 1.54) is 0 Å². The molecule has 7 nitrogen and oxygen atoms in total. The molecule has 0 unspecified atom stereocenters. The molecule has 0 atom stereocenters. The standard InChI is InChI=1S/C16H24BrN3O4/c1-4-24-16(21)15(20(9-11-22-2)10-12-23-3)19-18-14-7-5-13(17)6-8-14/h5-8H,4,9-12H2,1-3H3,(H,18,21)/p+1. The molecular weight excluding hydrogens is 378 g/mol. The summed E-state index contributed by atoms with van der Waals surface area (Å²) in [7, 11) is 3.23. The molecule has 0 saturated heterocycles. The van der Waals surface area contributed by atoms with Gasteiger partial charge in [0.2, 0.25) is 0 Å². The SMILES string of the molecule is CCOC(=O)C(NNc1ccc(Br)cc1)=[N+](CCOC)CCOC. The van der Waals surface area contributed by atoms with E-state index in [0.29, 0.717) is 38.7 Å². The van der Waals surface area contributed by atoms with Crippen molar-refractivity contribution in [1.82, 2.24) is 5.43 Å². The highest BCUT2D eigenvalue weighted by atomic mass is 79.9. The number of methoxy groups -OCH3 is 2. The number of halogens is 1. The molecule has 0 amide bonds. The fourth-order valence-electron chi connectivity index (χ4n) is 1.86. The maximum absolute atomic E-state index is 12.3. The highest BCUT2D eigenvalue weighted by molar-refractivity contribution is 9.10. The number of benzene rings is 1. The fraction of sp³-hybridized carbons (Fsp3) is 0.500. The summed E-state index contributed by atoms with van der Waals surface area (Å²) in [5, 5.41) is 0. The summed E-state index contributed by atoms with van der Waals surface area (Å²) in [5.41, 5.74) is 6.78. The van der Waals surface area contributed by atoms with E-state index < -0.39 is 5.97 Å². The number of nitrogens with zero attached hydrogens (tertiary/aromatic N) is 1. The minimum atomic E-state index is -0.436. The van der Waals surface area contributed by atoms with Gasteiger partial charge in [0.25, 0.3) is 0 Å². The van der Waals surface area contributed by atoms with Crippen LogP contribution in [0.5, 0.6) is 0 Å². The Labute approximate surface area is 151 Å². The molecule has 1 aromatic carbocycles. The van der Waals surface area contributed by atoms with E-state index >= 15 is 0 Å². The maximum Gasteiger partial charge on any atom is 0.423 e. The van der Waals surface area contributed by atoms with Gasteiger partial charge in [0, 0.05) is 18.7 Å². The Balaban J connectivity index is 2.94. The van der Waals surface area contributed by atoms with Crippen LogP contribution in [0.2, 0.25) is 0 Å². The fourth-order valence-corrected chi connectivity index (χ4v) is 2.13. The van der Waals surface area contributed by atoms with Crippen LogP contribution in [0.1, 0.15) is 6.92 Å². The van der Waals surface area contributed by atoms with E-state index in [4.69, 9.17) is 14.2 Å². The van der Waals surface area contributed by atoms with Crippen molar-refractivity contribution < 1.29 is 23.6 Å². The average molecular weight is 403 g/mol. The molecule has 1 aromatic rings. The van der Waals surface area contributed by atoms with Gasteiger partial charge in [-0.05, 0) is 31.2 Å². The number of carbonyl (C=O) groups is 1. The first-order valence-corrected chi connectivity index (χ1v) is 8.46. The van der Waals surface area contributed by atoms with Crippen LogP contribution in [0.3, 0.4) is 0 Å². The highest BCUT2D eigenvalue weighted by Gasteiger charge is 2.24. The Kier molecular flexibility index (Phi) is 10.1. The lowest BCUT2D eigenvalue weighted by atomic mass is 10.3. The van der Waals surface area contributed by atoms with Crippen molar-refractivity contribution >= 4 is 33.4 Å². The van der Waals surface area contributed by atoms with Gasteiger partial charge >= 0.3 is 11.8 Å². The second-order valence-electron chi connectivity index (χ2n) is 4.80. The lowest BCUT2D eigenvalue weighted by molar-refractivity contribution is -0.534. The lowest BCUT2D eigenvalue weighted by Crippen LogP contribution is -2.45. The zero-order valence-corrected chi connectivity index (χ0v) is 15.9. The average Bonchev–Trinajstić information content (AvgIpc) is 2.58. The van der Waals surface area contributed by atoms with E-state index in [0.717, 1.165) is 10.2 Å². The van der Waals surface area contributed by atoms with Crippen molar-refractivity contribution in [2.75, 3.05) is 52.6 Å². The predicted molar refractivity (Wildman–Crippen MR) is 96.3 cm³/mol. The monoisotopic (exact) mass is 402 g/mol. The van der Waals surface area contributed by atoms with Gasteiger partial charge in [-0.2, -0.15) is 5.43 Å². The van der Waals surface area contributed by atoms with Gasteiger partial charge in [-0.1, -0.05) is 15.9 Å². The number of rotatable bonds is 9. The number of hydrogen-bond acceptors (Lipinski definition) is 5. The van der Waals surface area contributed by atoms with Crippen LogP contribution in [0.15, 0.2) is 28.7 Å². The maximum atomic E-state index is 12.3. The Hall–Kier alpha value is -1.64. The topological polar surface area (TPSA) is 71.8 Å². The van der Waals surface area contributed by atoms with Gasteiger partial charge in [0.05, 0.1) is 25.5 Å². The highest BCUT2D eigenvalue weighted by Crippen LogP contribution is 2.13. The summed E-state index contributed by atoms with van der Waals surface area (Å²) in [6, 6.07) is 7.58. The van der Waals surface area contributed by atoms with Crippen LogP contribution < -0.4 is 10.9 Å². The van der Waals surface area contributed by atoms with Gasteiger partial charge in [0.1, 0.15) is 13.1 Å². The second kappa shape index (κ2) is 11.8. The molecule has 0 bridgehead atoms. The molecule has 2 N–H and O–H groups in total. The normalized spacial score (nSPS) is 10.2. The molecule has 24 heavy (non-hydrogen) atoms. The molecule has 0 aliphatic rings. The summed E-state index contributed by atoms with van der Waals surface area (Å²) in [5.74, 6) is -0.122. The molecular formula is C16H25BrN3O4+. The second-order valence-corrected chi connectivity index (χ2v) is 5.71. The van der Waals surface area contributed by atoms with Crippen molar-refractivity contribution in [3.8, 4) is 0 Å². The van der Waals surface area contributed by atoms with Gasteiger partial charge in [0.15, 0.2) is 0 Å². The quantitative estimate of drug-likeness (QED) is 0.215. The number of ether oxygens (including phenoxy) is 3. The lowest BCUT2D eigenvalue weighted by Gasteiger charge is -2.13. The zero-order valence-electron chi connectivity index (χ0n) is 14.3. The van der Waals surface area contributed by atoms with E-state index in [2.05, 4.69) is 26.8 Å². The van der Waals surface area contributed by atoms with Crippen LogP contribution in [0.4, 0.5) is 5.69 Å². The van der Waals surface area contributed by atoms with Crippen molar-refractivity contribution in [2.45, 2.75) is 6.92 Å². The largest absolute Gasteiger partial charge is 0.457 e. The van der Waals surface area contributed by atoms with E-state index in [1.54, 1.807) is 21.1 Å². The van der Waals surface area contributed by atoms with Crippen molar-refractivity contribution in [1.29, 1.82) is 0 Å². The number of hydrazine groups is 1. The van der Waals surface area contributed by atoms with Crippen LogP contribution >= 0.6 is 15.9 Å². The van der Waals surface area contributed by atoms with Gasteiger partial charge in [-0.3, -0.25) is 0 Å². The first-order chi connectivity index (χ1) is 11.6. The molecule has 0 aliphatic carbocycles. The van der Waals surface area contributed by atoms with E-state index in [1.807, 2.05) is 28.8 Å². The van der Waals surface area contributed by atoms with Gasteiger partial charge in [-0.15, -0.1) is 0 Å². The van der Waals surface area contributed by atoms with Crippen molar-refractivity contribution in [2.24, 2.45) is 0 Å². The van der Waals surface area contributed by atoms with Crippen molar-refractivity contribution in [3.05, 3.63) is 28.7 Å². The molecule has 0 heterocycles. The molecule has 1 rings (SSSR count). The molecule has 0 spiro atoms. The zero-order chi connectivity index (χ0) is 17.8. The number of carbonyl (C=O) groups excluding carboxylic acids is 1.